The van der Waals surface area contributed by atoms with E-state index in [1.54, 1.807) is 0 Å². The van der Waals surface area contributed by atoms with Gasteiger partial charge >= 0.3 is 0 Å². The maximum Gasteiger partial charge on any atom is 0.227 e. The van der Waals surface area contributed by atoms with Crippen molar-refractivity contribution in [3.8, 4) is 0 Å². The van der Waals surface area contributed by atoms with Crippen molar-refractivity contribution >= 4 is 33.7 Å². The Morgan fingerprint density at radius 3 is 1.36 bits per heavy atom. The van der Waals surface area contributed by atoms with Crippen LogP contribution in [0.25, 0.3) is 0 Å². The van der Waals surface area contributed by atoms with Gasteiger partial charge in [0.05, 0.1) is 0 Å². The van der Waals surface area contributed by atoms with Crippen molar-refractivity contribution in [2.45, 2.75) is 19.3 Å². The third kappa shape index (κ3) is 0.695. The highest BCUT2D eigenvalue weighted by Gasteiger charge is 2.73. The third-order valence-electron chi connectivity index (χ3n) is 2.86. The van der Waals surface area contributed by atoms with Gasteiger partial charge in [0.2, 0.25) is 10.5 Å². The number of carbonyl (C=O) groups is 2. The molecule has 0 aliphatic heterocycles. The molecule has 0 saturated heterocycles. The van der Waals surface area contributed by atoms with Gasteiger partial charge in [-0.1, -0.05) is 0 Å². The number of hydrogen-bond donors (Lipinski definition) is 0. The first kappa shape index (κ1) is 7.56. The molecule has 0 aromatic carbocycles. The summed E-state index contributed by atoms with van der Waals surface area (Å²) in [7, 11) is 0. The fraction of sp³-hybridized carbons (Fsp3) is 0.714. The first-order valence-corrected chi connectivity index (χ1v) is 4.16. The van der Waals surface area contributed by atoms with E-state index in [-0.39, 0.29) is 21.3 Å². The molecule has 0 atom stereocenters. The predicted molar refractivity (Wildman–Crippen MR) is 40.4 cm³/mol. The SMILES string of the molecule is O=C(Cl)C12CC(C(=O)Cl)(C1)C2. The molecule has 3 fully saturated rings. The van der Waals surface area contributed by atoms with Crippen molar-refractivity contribution in [3.63, 3.8) is 0 Å². The molecule has 0 unspecified atom stereocenters. The lowest BCUT2D eigenvalue weighted by molar-refractivity contribution is -0.194. The van der Waals surface area contributed by atoms with E-state index in [0.717, 1.165) is 0 Å². The first-order chi connectivity index (χ1) is 5.01. The summed E-state index contributed by atoms with van der Waals surface area (Å²) in [6.07, 6.45) is 1.72. The van der Waals surface area contributed by atoms with Crippen molar-refractivity contribution in [3.05, 3.63) is 0 Å². The fourth-order valence-electron chi connectivity index (χ4n) is 2.20. The molecule has 0 heterocycles. The van der Waals surface area contributed by atoms with Crippen molar-refractivity contribution in [1.29, 1.82) is 0 Å². The average molecular weight is 193 g/mol. The number of carbonyl (C=O) groups excluding carboxylic acids is 2. The molecule has 4 heteroatoms. The van der Waals surface area contributed by atoms with Crippen LogP contribution in [0.15, 0.2) is 0 Å². The smallest absolute Gasteiger partial charge is 0.227 e. The van der Waals surface area contributed by atoms with Crippen molar-refractivity contribution in [2.75, 3.05) is 0 Å². The van der Waals surface area contributed by atoms with E-state index in [0.29, 0.717) is 19.3 Å². The molecule has 0 amide bonds. The van der Waals surface area contributed by atoms with Crippen LogP contribution >= 0.6 is 23.2 Å². The minimum atomic E-state index is -0.369. The van der Waals surface area contributed by atoms with Crippen LogP contribution in [0.3, 0.4) is 0 Å². The summed E-state index contributed by atoms with van der Waals surface area (Å²) in [6.45, 7) is 0. The quantitative estimate of drug-likeness (QED) is 0.625. The van der Waals surface area contributed by atoms with E-state index in [1.807, 2.05) is 0 Å². The Balaban J connectivity index is 2.10. The molecule has 0 aromatic rings. The molecule has 0 aromatic heterocycles. The van der Waals surface area contributed by atoms with Gasteiger partial charge in [-0.2, -0.15) is 0 Å². The maximum absolute atomic E-state index is 10.8. The van der Waals surface area contributed by atoms with Crippen LogP contribution in [0.4, 0.5) is 0 Å². The average Bonchev–Trinajstić information content (AvgIpc) is 1.51. The zero-order valence-electron chi connectivity index (χ0n) is 5.69. The highest BCUT2D eigenvalue weighted by Crippen LogP contribution is 2.74. The summed E-state index contributed by atoms with van der Waals surface area (Å²) in [6, 6.07) is 0. The highest BCUT2D eigenvalue weighted by atomic mass is 35.5. The largest absolute Gasteiger partial charge is 0.281 e. The summed E-state index contributed by atoms with van der Waals surface area (Å²) in [5, 5.41) is -0.616. The zero-order valence-corrected chi connectivity index (χ0v) is 7.21. The summed E-state index contributed by atoms with van der Waals surface area (Å²) < 4.78 is 0. The molecular formula is C7H6Cl2O2. The van der Waals surface area contributed by atoms with Gasteiger partial charge in [0.15, 0.2) is 0 Å². The molecule has 2 bridgehead atoms. The van der Waals surface area contributed by atoms with E-state index < -0.39 is 0 Å². The van der Waals surface area contributed by atoms with Gasteiger partial charge in [-0.15, -0.1) is 0 Å². The Hall–Kier alpha value is -0.0800. The van der Waals surface area contributed by atoms with E-state index in [2.05, 4.69) is 0 Å². The summed E-state index contributed by atoms with van der Waals surface area (Å²) in [5.74, 6) is 0. The lowest BCUT2D eigenvalue weighted by Crippen LogP contribution is -2.66. The Labute approximate surface area is 73.8 Å². The van der Waals surface area contributed by atoms with Crippen LogP contribution in [-0.4, -0.2) is 10.5 Å². The first-order valence-electron chi connectivity index (χ1n) is 3.41. The van der Waals surface area contributed by atoms with Crippen LogP contribution < -0.4 is 0 Å². The molecule has 2 nitrogen and oxygen atoms in total. The van der Waals surface area contributed by atoms with Crippen LogP contribution in [0, 0.1) is 10.8 Å². The third-order valence-corrected chi connectivity index (χ3v) is 3.67. The molecule has 11 heavy (non-hydrogen) atoms. The molecule has 0 N–H and O–H groups in total. The predicted octanol–water partition coefficient (Wildman–Crippen LogP) is 1.69. The molecule has 3 saturated carbocycles. The van der Waals surface area contributed by atoms with Gasteiger partial charge < -0.3 is 0 Å². The van der Waals surface area contributed by atoms with Crippen LogP contribution in [0.1, 0.15) is 19.3 Å². The molecular weight excluding hydrogens is 187 g/mol. The summed E-state index contributed by atoms with van der Waals surface area (Å²) >= 11 is 10.7. The topological polar surface area (TPSA) is 34.1 Å². The Morgan fingerprint density at radius 1 is 0.909 bits per heavy atom. The Morgan fingerprint density at radius 2 is 1.18 bits per heavy atom. The van der Waals surface area contributed by atoms with Gasteiger partial charge in [0.1, 0.15) is 0 Å². The summed E-state index contributed by atoms with van der Waals surface area (Å²) in [5.41, 5.74) is -0.738. The van der Waals surface area contributed by atoms with Crippen LogP contribution in [0.5, 0.6) is 0 Å². The molecule has 3 rings (SSSR count). The van der Waals surface area contributed by atoms with E-state index in [9.17, 15) is 9.59 Å². The second-order valence-corrected chi connectivity index (χ2v) is 4.32. The van der Waals surface area contributed by atoms with Gasteiger partial charge in [-0.25, -0.2) is 0 Å². The molecule has 0 radical (unpaired) electrons. The molecule has 0 spiro atoms. The highest BCUT2D eigenvalue weighted by molar-refractivity contribution is 6.67. The lowest BCUT2D eigenvalue weighted by Gasteiger charge is -2.66. The van der Waals surface area contributed by atoms with E-state index in [4.69, 9.17) is 23.2 Å². The minimum absolute atomic E-state index is 0.308. The van der Waals surface area contributed by atoms with Gasteiger partial charge in [-0.05, 0) is 42.5 Å². The summed E-state index contributed by atoms with van der Waals surface area (Å²) in [4.78, 5) is 21.5. The van der Waals surface area contributed by atoms with Crippen molar-refractivity contribution in [1.82, 2.24) is 0 Å². The van der Waals surface area contributed by atoms with E-state index in [1.165, 1.54) is 0 Å². The van der Waals surface area contributed by atoms with Gasteiger partial charge in [0.25, 0.3) is 0 Å². The standard InChI is InChI=1S/C7H6Cl2O2/c8-4(10)6-1-7(2-6,3-6)5(9)11/h1-3H2. The second-order valence-electron chi connectivity index (χ2n) is 3.64. The maximum atomic E-state index is 10.8. The lowest BCUT2D eigenvalue weighted by atomic mass is 9.36. The number of hydrogen-bond acceptors (Lipinski definition) is 2. The fourth-order valence-corrected chi connectivity index (χ4v) is 2.61. The normalized spacial score (nSPS) is 45.6. The number of halogens is 2. The van der Waals surface area contributed by atoms with Crippen LogP contribution in [-0.2, 0) is 9.59 Å². The second kappa shape index (κ2) is 1.80. The molecule has 60 valence electrons. The number of rotatable bonds is 2. The Bertz CT molecular complexity index is 215. The van der Waals surface area contributed by atoms with Crippen LogP contribution in [0.2, 0.25) is 0 Å². The monoisotopic (exact) mass is 192 g/mol. The van der Waals surface area contributed by atoms with Crippen molar-refractivity contribution in [2.24, 2.45) is 10.8 Å². The Kier molecular flexibility index (Phi) is 1.24. The minimum Gasteiger partial charge on any atom is -0.281 e. The van der Waals surface area contributed by atoms with Gasteiger partial charge in [-0.3, -0.25) is 9.59 Å². The molecule has 3 aliphatic carbocycles. The van der Waals surface area contributed by atoms with E-state index >= 15 is 0 Å². The zero-order chi connectivity index (χ0) is 8.28. The van der Waals surface area contributed by atoms with Crippen molar-refractivity contribution < 1.29 is 9.59 Å². The molecule has 3 aliphatic rings. The van der Waals surface area contributed by atoms with Gasteiger partial charge in [0, 0.05) is 10.8 Å².